The number of benzene rings is 1. The fraction of sp³-hybridized carbons (Fsp3) is 0. The van der Waals surface area contributed by atoms with E-state index in [1.165, 1.54) is 0 Å². The van der Waals surface area contributed by atoms with Crippen LogP contribution < -0.4 is 4.65 Å². The van der Waals surface area contributed by atoms with Crippen LogP contribution in [0.1, 0.15) is 0 Å². The lowest BCUT2D eigenvalue weighted by molar-refractivity contribution is 0.446. The molecule has 4 nitrogen and oxygen atoms in total. The molecule has 16 heavy (non-hydrogen) atoms. The first kappa shape index (κ1) is 9.24. The molecule has 0 radical (unpaired) electrons. The lowest BCUT2D eigenvalue weighted by Gasteiger charge is -2.00. The lowest BCUT2D eigenvalue weighted by Crippen LogP contribution is -2.01. The number of pyridine rings is 1. The number of rotatable bonds is 2. The van der Waals surface area contributed by atoms with Crippen LogP contribution in [0, 0.1) is 0 Å². The summed E-state index contributed by atoms with van der Waals surface area (Å²) in [7, 11) is -0.397. The Labute approximate surface area is 91.8 Å². The summed E-state index contributed by atoms with van der Waals surface area (Å²) in [5, 5.41) is 10.5. The van der Waals surface area contributed by atoms with Crippen molar-refractivity contribution < 1.29 is 14.1 Å². The molecule has 0 saturated heterocycles. The molecular weight excluding hydrogens is 205 g/mol. The van der Waals surface area contributed by atoms with E-state index in [0.717, 1.165) is 16.4 Å². The molecule has 0 fully saturated rings. The van der Waals surface area contributed by atoms with Crippen molar-refractivity contribution in [1.29, 1.82) is 0 Å². The van der Waals surface area contributed by atoms with Crippen LogP contribution in [0.5, 0.6) is 5.88 Å². The van der Waals surface area contributed by atoms with Gasteiger partial charge < -0.3 is 14.1 Å². The number of furan rings is 1. The maximum Gasteiger partial charge on any atom is 0.505 e. The number of fused-ring (bicyclic) bond motifs is 3. The van der Waals surface area contributed by atoms with E-state index in [1.807, 2.05) is 24.3 Å². The van der Waals surface area contributed by atoms with Gasteiger partial charge >= 0.3 is 7.69 Å². The fourth-order valence-corrected chi connectivity index (χ4v) is 1.81. The third-order valence-electron chi connectivity index (χ3n) is 2.46. The van der Waals surface area contributed by atoms with E-state index in [0.29, 0.717) is 11.5 Å². The molecular formula is C11H8BNO3. The van der Waals surface area contributed by atoms with E-state index in [2.05, 4.69) is 4.98 Å². The Morgan fingerprint density at radius 1 is 1.19 bits per heavy atom. The molecule has 0 saturated carbocycles. The first-order valence-electron chi connectivity index (χ1n) is 4.90. The lowest BCUT2D eigenvalue weighted by atomic mass is 10.2. The first-order valence-corrected chi connectivity index (χ1v) is 4.90. The molecule has 0 aliphatic rings. The largest absolute Gasteiger partial charge is 0.524 e. The first-order chi connectivity index (χ1) is 7.90. The zero-order valence-electron chi connectivity index (χ0n) is 8.38. The van der Waals surface area contributed by atoms with E-state index >= 15 is 0 Å². The SMILES string of the molecule is OBOc1nccc2oc3ccccc3c12. The van der Waals surface area contributed by atoms with Crippen molar-refractivity contribution in [3.8, 4) is 5.88 Å². The Hall–Kier alpha value is -2.01. The van der Waals surface area contributed by atoms with Gasteiger partial charge in [0.2, 0.25) is 5.88 Å². The summed E-state index contributed by atoms with van der Waals surface area (Å²) in [6, 6.07) is 9.43. The normalized spacial score (nSPS) is 10.8. The van der Waals surface area contributed by atoms with Gasteiger partial charge in [0.1, 0.15) is 11.2 Å². The van der Waals surface area contributed by atoms with Crippen LogP contribution in [0.3, 0.4) is 0 Å². The smallest absolute Gasteiger partial charge is 0.505 e. The molecule has 78 valence electrons. The summed E-state index contributed by atoms with van der Waals surface area (Å²) < 4.78 is 10.7. The second kappa shape index (κ2) is 3.54. The predicted octanol–water partition coefficient (Wildman–Crippen LogP) is 1.62. The molecule has 1 aromatic carbocycles. The summed E-state index contributed by atoms with van der Waals surface area (Å²) in [6.07, 6.45) is 1.59. The third kappa shape index (κ3) is 1.25. The van der Waals surface area contributed by atoms with E-state index in [9.17, 15) is 0 Å². The number of hydrogen-bond acceptors (Lipinski definition) is 4. The van der Waals surface area contributed by atoms with E-state index in [1.54, 1.807) is 12.3 Å². The molecule has 0 spiro atoms. The molecule has 5 heteroatoms. The summed E-state index contributed by atoms with van der Waals surface area (Å²) in [6.45, 7) is 0. The van der Waals surface area contributed by atoms with Crippen LogP contribution in [-0.2, 0) is 0 Å². The average molecular weight is 213 g/mol. The maximum absolute atomic E-state index is 8.80. The van der Waals surface area contributed by atoms with Gasteiger partial charge in [-0.15, -0.1) is 0 Å². The number of aromatic nitrogens is 1. The van der Waals surface area contributed by atoms with E-state index in [-0.39, 0.29) is 0 Å². The minimum absolute atomic E-state index is 0.393. The Morgan fingerprint density at radius 3 is 2.94 bits per heavy atom. The van der Waals surface area contributed by atoms with Crippen LogP contribution in [0.25, 0.3) is 21.9 Å². The number of para-hydroxylation sites is 1. The molecule has 0 bridgehead atoms. The topological polar surface area (TPSA) is 55.5 Å². The summed E-state index contributed by atoms with van der Waals surface area (Å²) in [5.74, 6) is 0.393. The van der Waals surface area contributed by atoms with Gasteiger partial charge in [0.25, 0.3) is 0 Å². The Morgan fingerprint density at radius 2 is 2.06 bits per heavy atom. The minimum Gasteiger partial charge on any atom is -0.524 e. The Kier molecular flexibility index (Phi) is 2.04. The van der Waals surface area contributed by atoms with Crippen molar-refractivity contribution in [2.75, 3.05) is 0 Å². The van der Waals surface area contributed by atoms with Crippen LogP contribution in [-0.4, -0.2) is 17.7 Å². The molecule has 0 unspecified atom stereocenters. The minimum atomic E-state index is -0.397. The van der Waals surface area contributed by atoms with Gasteiger partial charge in [0.15, 0.2) is 0 Å². The van der Waals surface area contributed by atoms with Gasteiger partial charge in [-0.05, 0) is 6.07 Å². The van der Waals surface area contributed by atoms with Gasteiger partial charge in [-0.2, -0.15) is 0 Å². The maximum atomic E-state index is 8.80. The fourth-order valence-electron chi connectivity index (χ4n) is 1.81. The zero-order chi connectivity index (χ0) is 11.0. The van der Waals surface area contributed by atoms with Gasteiger partial charge in [0.05, 0.1) is 5.39 Å². The van der Waals surface area contributed by atoms with Crippen molar-refractivity contribution in [2.45, 2.75) is 0 Å². The highest BCUT2D eigenvalue weighted by Gasteiger charge is 2.12. The molecule has 3 rings (SSSR count). The van der Waals surface area contributed by atoms with Gasteiger partial charge in [-0.25, -0.2) is 4.98 Å². The molecule has 2 heterocycles. The standard InChI is InChI=1S/C11H8BNO3/c14-12-16-11-10-7-3-1-2-4-8(7)15-9(10)5-6-13-11/h1-6,12,14H. The monoisotopic (exact) mass is 213 g/mol. The van der Waals surface area contributed by atoms with Crippen LogP contribution in [0.2, 0.25) is 0 Å². The van der Waals surface area contributed by atoms with Crippen molar-refractivity contribution >= 4 is 29.6 Å². The molecule has 0 atom stereocenters. The molecule has 0 aliphatic carbocycles. The Bertz CT molecular complexity index is 650. The van der Waals surface area contributed by atoms with Gasteiger partial charge in [-0.3, -0.25) is 0 Å². The summed E-state index contributed by atoms with van der Waals surface area (Å²) in [4.78, 5) is 4.08. The van der Waals surface area contributed by atoms with Crippen LogP contribution in [0.4, 0.5) is 0 Å². The van der Waals surface area contributed by atoms with E-state index in [4.69, 9.17) is 14.1 Å². The molecule has 1 N–H and O–H groups in total. The highest BCUT2D eigenvalue weighted by molar-refractivity contribution is 6.19. The highest BCUT2D eigenvalue weighted by Crippen LogP contribution is 2.33. The van der Waals surface area contributed by atoms with Gasteiger partial charge in [0, 0.05) is 17.6 Å². The molecule has 0 amide bonds. The number of nitrogens with zero attached hydrogens (tertiary/aromatic N) is 1. The van der Waals surface area contributed by atoms with Crippen LogP contribution in [0.15, 0.2) is 40.9 Å². The van der Waals surface area contributed by atoms with E-state index < -0.39 is 7.69 Å². The number of hydrogen-bond donors (Lipinski definition) is 1. The van der Waals surface area contributed by atoms with Crippen molar-refractivity contribution in [3.05, 3.63) is 36.5 Å². The zero-order valence-corrected chi connectivity index (χ0v) is 8.38. The quantitative estimate of drug-likeness (QED) is 0.657. The summed E-state index contributed by atoms with van der Waals surface area (Å²) >= 11 is 0. The molecule has 3 aromatic rings. The van der Waals surface area contributed by atoms with Crippen molar-refractivity contribution in [1.82, 2.24) is 4.98 Å². The molecule has 0 aliphatic heterocycles. The highest BCUT2D eigenvalue weighted by atomic mass is 16.5. The summed E-state index contributed by atoms with van der Waals surface area (Å²) in [5.41, 5.74) is 1.49. The van der Waals surface area contributed by atoms with Crippen LogP contribution >= 0.6 is 0 Å². The third-order valence-corrected chi connectivity index (χ3v) is 2.46. The second-order valence-corrected chi connectivity index (χ2v) is 3.36. The van der Waals surface area contributed by atoms with Crippen molar-refractivity contribution in [3.63, 3.8) is 0 Å². The predicted molar refractivity (Wildman–Crippen MR) is 61.5 cm³/mol. The molecule has 2 aromatic heterocycles. The second-order valence-electron chi connectivity index (χ2n) is 3.36. The average Bonchev–Trinajstić information content (AvgIpc) is 2.68. The van der Waals surface area contributed by atoms with Crippen molar-refractivity contribution in [2.24, 2.45) is 0 Å². The Balaban J connectivity index is 2.43. The van der Waals surface area contributed by atoms with Gasteiger partial charge in [-0.1, -0.05) is 18.2 Å².